The van der Waals surface area contributed by atoms with Crippen molar-refractivity contribution in [1.82, 2.24) is 0 Å². The molecule has 1 aliphatic heterocycles. The summed E-state index contributed by atoms with van der Waals surface area (Å²) in [6, 6.07) is 19.9. The lowest BCUT2D eigenvalue weighted by molar-refractivity contribution is -0.384. The number of nitrogens with zero attached hydrogens (tertiary/aromatic N) is 1. The van der Waals surface area contributed by atoms with Crippen LogP contribution in [-0.2, 0) is 0 Å². The van der Waals surface area contributed by atoms with Gasteiger partial charge in [-0.25, -0.2) is 0 Å². The van der Waals surface area contributed by atoms with Crippen LogP contribution in [-0.4, -0.2) is 4.92 Å². The van der Waals surface area contributed by atoms with Crippen molar-refractivity contribution in [2.24, 2.45) is 5.92 Å². The summed E-state index contributed by atoms with van der Waals surface area (Å²) < 4.78 is 0. The van der Waals surface area contributed by atoms with Crippen LogP contribution in [0.2, 0.25) is 0 Å². The SMILES string of the molecule is O=[N+]([O-])c1cccc([C@@H]2Nc3ccc4ccccc4c3[C@@H]3C=CC[C@@H]32)c1. The smallest absolute Gasteiger partial charge is 0.269 e. The minimum absolute atomic E-state index is 0.0727. The van der Waals surface area contributed by atoms with Gasteiger partial charge < -0.3 is 5.32 Å². The molecule has 0 saturated heterocycles. The Morgan fingerprint density at radius 1 is 1.04 bits per heavy atom. The summed E-state index contributed by atoms with van der Waals surface area (Å²) in [6.45, 7) is 0. The van der Waals surface area contributed by atoms with Gasteiger partial charge in [0.2, 0.25) is 0 Å². The molecule has 0 amide bonds. The average molecular weight is 342 g/mol. The Morgan fingerprint density at radius 3 is 2.81 bits per heavy atom. The van der Waals surface area contributed by atoms with Crippen molar-refractivity contribution in [3.63, 3.8) is 0 Å². The van der Waals surface area contributed by atoms with Crippen molar-refractivity contribution in [2.45, 2.75) is 18.4 Å². The monoisotopic (exact) mass is 342 g/mol. The van der Waals surface area contributed by atoms with Gasteiger partial charge in [0.05, 0.1) is 11.0 Å². The highest BCUT2D eigenvalue weighted by atomic mass is 16.6. The second kappa shape index (κ2) is 5.70. The molecule has 0 fully saturated rings. The van der Waals surface area contributed by atoms with E-state index in [9.17, 15) is 10.1 Å². The summed E-state index contributed by atoms with van der Waals surface area (Å²) in [7, 11) is 0. The van der Waals surface area contributed by atoms with E-state index in [1.165, 1.54) is 16.3 Å². The fraction of sp³-hybridized carbons (Fsp3) is 0.182. The molecule has 1 aliphatic carbocycles. The van der Waals surface area contributed by atoms with Crippen molar-refractivity contribution in [3.8, 4) is 0 Å². The number of benzene rings is 3. The normalized spacial score (nSPS) is 23.3. The van der Waals surface area contributed by atoms with Gasteiger partial charge in [0.15, 0.2) is 0 Å². The lowest BCUT2D eigenvalue weighted by Crippen LogP contribution is -2.29. The Bertz CT molecular complexity index is 1060. The van der Waals surface area contributed by atoms with Gasteiger partial charge in [0.1, 0.15) is 0 Å². The van der Waals surface area contributed by atoms with Crippen molar-refractivity contribution in [3.05, 3.63) is 94.1 Å². The molecule has 0 unspecified atom stereocenters. The minimum Gasteiger partial charge on any atom is -0.378 e. The number of allylic oxidation sites excluding steroid dienone is 2. The second-order valence-electron chi connectivity index (χ2n) is 7.08. The van der Waals surface area contributed by atoms with E-state index in [1.807, 2.05) is 6.07 Å². The van der Waals surface area contributed by atoms with Crippen LogP contribution >= 0.6 is 0 Å². The maximum atomic E-state index is 11.2. The number of rotatable bonds is 2. The molecule has 0 aromatic heterocycles. The zero-order valence-electron chi connectivity index (χ0n) is 14.1. The van der Waals surface area contributed by atoms with Crippen molar-refractivity contribution in [1.29, 1.82) is 0 Å². The minimum atomic E-state index is -0.321. The molecule has 0 bridgehead atoms. The number of fused-ring (bicyclic) bond motifs is 5. The molecule has 4 heteroatoms. The summed E-state index contributed by atoms with van der Waals surface area (Å²) in [5, 5.41) is 17.4. The van der Waals surface area contributed by atoms with Crippen LogP contribution in [0.5, 0.6) is 0 Å². The van der Waals surface area contributed by atoms with E-state index in [-0.39, 0.29) is 16.7 Å². The number of nitrogens with one attached hydrogen (secondary N) is 1. The Labute approximate surface area is 151 Å². The van der Waals surface area contributed by atoms with Crippen molar-refractivity contribution < 1.29 is 4.92 Å². The summed E-state index contributed by atoms with van der Waals surface area (Å²) >= 11 is 0. The molecule has 0 radical (unpaired) electrons. The predicted octanol–water partition coefficient (Wildman–Crippen LogP) is 5.57. The van der Waals surface area contributed by atoms with Gasteiger partial charge >= 0.3 is 0 Å². The molecular formula is C22H18N2O2. The third kappa shape index (κ3) is 2.22. The number of nitro benzene ring substituents is 1. The van der Waals surface area contributed by atoms with Crippen LogP contribution in [0.1, 0.15) is 29.5 Å². The first-order valence-electron chi connectivity index (χ1n) is 8.91. The van der Waals surface area contributed by atoms with E-state index in [0.29, 0.717) is 11.8 Å². The molecule has 1 heterocycles. The van der Waals surface area contributed by atoms with Gasteiger partial charge in [-0.05, 0) is 40.3 Å². The third-order valence-electron chi connectivity index (χ3n) is 5.70. The summed E-state index contributed by atoms with van der Waals surface area (Å²) in [4.78, 5) is 10.9. The maximum absolute atomic E-state index is 11.2. The molecule has 4 nitrogen and oxygen atoms in total. The van der Waals surface area contributed by atoms with Crippen LogP contribution in [0.15, 0.2) is 72.8 Å². The number of hydrogen-bond acceptors (Lipinski definition) is 3. The maximum Gasteiger partial charge on any atom is 0.269 e. The zero-order chi connectivity index (χ0) is 17.7. The van der Waals surface area contributed by atoms with Crippen LogP contribution in [0.3, 0.4) is 0 Å². The summed E-state index contributed by atoms with van der Waals surface area (Å²) in [5.41, 5.74) is 3.62. The highest BCUT2D eigenvalue weighted by molar-refractivity contribution is 5.91. The van der Waals surface area contributed by atoms with Crippen LogP contribution in [0.4, 0.5) is 11.4 Å². The predicted molar refractivity (Wildman–Crippen MR) is 103 cm³/mol. The molecule has 3 atom stereocenters. The van der Waals surface area contributed by atoms with Crippen molar-refractivity contribution in [2.75, 3.05) is 5.32 Å². The highest BCUT2D eigenvalue weighted by Gasteiger charge is 2.39. The van der Waals surface area contributed by atoms with Gasteiger partial charge in [0.25, 0.3) is 5.69 Å². The number of non-ortho nitro benzene ring substituents is 1. The van der Waals surface area contributed by atoms with E-state index < -0.39 is 0 Å². The van der Waals surface area contributed by atoms with Gasteiger partial charge in [-0.2, -0.15) is 0 Å². The first-order valence-corrected chi connectivity index (χ1v) is 8.91. The number of hydrogen-bond donors (Lipinski definition) is 1. The molecular weight excluding hydrogens is 324 g/mol. The standard InChI is InChI=1S/C22H18N2O2/c25-24(26)16-7-3-6-15(13-16)22-19-10-4-9-18(19)21-17-8-2-1-5-14(17)11-12-20(21)23-22/h1-9,11-13,18-19,22-23H,10H2/t18-,19+,22+/m1/s1. The van der Waals surface area contributed by atoms with Gasteiger partial charge in [-0.15, -0.1) is 0 Å². The average Bonchev–Trinajstić information content (AvgIpc) is 3.16. The lowest BCUT2D eigenvalue weighted by Gasteiger charge is -2.38. The van der Waals surface area contributed by atoms with Crippen LogP contribution in [0.25, 0.3) is 10.8 Å². The zero-order valence-corrected chi connectivity index (χ0v) is 14.1. The molecule has 26 heavy (non-hydrogen) atoms. The van der Waals surface area contributed by atoms with Gasteiger partial charge in [-0.1, -0.05) is 54.6 Å². The number of anilines is 1. The quantitative estimate of drug-likeness (QED) is 0.376. The third-order valence-corrected chi connectivity index (χ3v) is 5.70. The van der Waals surface area contributed by atoms with Gasteiger partial charge in [-0.3, -0.25) is 10.1 Å². The van der Waals surface area contributed by atoms with Gasteiger partial charge in [0, 0.05) is 23.7 Å². The van der Waals surface area contributed by atoms with Crippen LogP contribution < -0.4 is 5.32 Å². The van der Waals surface area contributed by atoms with E-state index >= 15 is 0 Å². The Balaban J connectivity index is 1.65. The Morgan fingerprint density at radius 2 is 1.92 bits per heavy atom. The largest absolute Gasteiger partial charge is 0.378 e. The Kier molecular flexibility index (Phi) is 3.32. The van der Waals surface area contributed by atoms with E-state index in [0.717, 1.165) is 17.7 Å². The molecule has 3 aromatic carbocycles. The van der Waals surface area contributed by atoms with E-state index in [1.54, 1.807) is 18.2 Å². The molecule has 3 aromatic rings. The first-order chi connectivity index (χ1) is 12.7. The molecule has 128 valence electrons. The number of nitro groups is 1. The van der Waals surface area contributed by atoms with Crippen molar-refractivity contribution >= 4 is 22.1 Å². The fourth-order valence-electron chi connectivity index (χ4n) is 4.54. The summed E-state index contributed by atoms with van der Waals surface area (Å²) in [5.74, 6) is 0.705. The fourth-order valence-corrected chi connectivity index (χ4v) is 4.54. The molecule has 0 saturated carbocycles. The second-order valence-corrected chi connectivity index (χ2v) is 7.08. The molecule has 0 spiro atoms. The Hall–Kier alpha value is -3.14. The molecule has 2 aliphatic rings. The van der Waals surface area contributed by atoms with Crippen LogP contribution in [0, 0.1) is 16.0 Å². The summed E-state index contributed by atoms with van der Waals surface area (Å²) in [6.07, 6.45) is 5.53. The highest BCUT2D eigenvalue weighted by Crippen LogP contribution is 2.51. The lowest BCUT2D eigenvalue weighted by atomic mass is 9.75. The topological polar surface area (TPSA) is 55.2 Å². The van der Waals surface area contributed by atoms with E-state index in [4.69, 9.17) is 0 Å². The molecule has 5 rings (SSSR count). The molecule has 1 N–H and O–H groups in total. The van der Waals surface area contributed by atoms with E-state index in [2.05, 4.69) is 53.9 Å². The first kappa shape index (κ1) is 15.1.